The van der Waals surface area contributed by atoms with Crippen molar-refractivity contribution in [3.05, 3.63) is 12.7 Å². The minimum absolute atomic E-state index is 0.164. The zero-order valence-corrected chi connectivity index (χ0v) is 9.10. The maximum Gasteiger partial charge on any atom is 0.228 e. The van der Waals surface area contributed by atoms with Gasteiger partial charge >= 0.3 is 0 Å². The normalized spacial score (nSPS) is 26.5. The lowest BCUT2D eigenvalue weighted by Gasteiger charge is -2.30. The molecule has 1 rings (SSSR count). The minimum Gasteiger partial charge on any atom is -0.352 e. The molecule has 1 heterocycles. The minimum atomic E-state index is -0.205. The van der Waals surface area contributed by atoms with Crippen molar-refractivity contribution in [3.63, 3.8) is 0 Å². The largest absolute Gasteiger partial charge is 0.352 e. The van der Waals surface area contributed by atoms with Crippen LogP contribution in [0.5, 0.6) is 0 Å². The lowest BCUT2D eigenvalue weighted by Crippen LogP contribution is -2.46. The van der Waals surface area contributed by atoms with E-state index in [1.165, 1.54) is 0 Å². The third-order valence-electron chi connectivity index (χ3n) is 3.15. The zero-order chi connectivity index (χ0) is 10.6. The fourth-order valence-electron chi connectivity index (χ4n) is 2.00. The predicted molar refractivity (Wildman–Crippen MR) is 58.0 cm³/mol. The van der Waals surface area contributed by atoms with Crippen molar-refractivity contribution in [2.75, 3.05) is 19.6 Å². The van der Waals surface area contributed by atoms with E-state index in [2.05, 4.69) is 31.1 Å². The Hall–Kier alpha value is -0.830. The molecule has 0 aromatic heterocycles. The molecule has 1 atom stereocenters. The Kier molecular flexibility index (Phi) is 3.69. The quantitative estimate of drug-likeness (QED) is 0.657. The highest BCUT2D eigenvalue weighted by molar-refractivity contribution is 5.83. The summed E-state index contributed by atoms with van der Waals surface area (Å²) in [7, 11) is 0. The lowest BCUT2D eigenvalue weighted by molar-refractivity contribution is -0.132. The number of nitrogens with one attached hydrogen (secondary N) is 2. The molecule has 80 valence electrons. The summed E-state index contributed by atoms with van der Waals surface area (Å²) < 4.78 is 0. The highest BCUT2D eigenvalue weighted by Gasteiger charge is 2.43. The first-order valence-corrected chi connectivity index (χ1v) is 5.23. The molecular formula is C11H20N2O. The van der Waals surface area contributed by atoms with Gasteiger partial charge in [-0.2, -0.15) is 0 Å². The number of carbonyl (C=O) groups is 1. The van der Waals surface area contributed by atoms with Crippen LogP contribution in [0.3, 0.4) is 0 Å². The molecule has 0 radical (unpaired) electrons. The molecule has 1 saturated heterocycles. The van der Waals surface area contributed by atoms with Crippen LogP contribution in [0.4, 0.5) is 0 Å². The highest BCUT2D eigenvalue weighted by Crippen LogP contribution is 2.34. The second kappa shape index (κ2) is 4.60. The van der Waals surface area contributed by atoms with E-state index >= 15 is 0 Å². The van der Waals surface area contributed by atoms with Crippen LogP contribution < -0.4 is 10.6 Å². The van der Waals surface area contributed by atoms with E-state index in [1.807, 2.05) is 0 Å². The van der Waals surface area contributed by atoms with Gasteiger partial charge in [-0.3, -0.25) is 4.79 Å². The standard InChI is InChI=1S/C11H20N2O/c1-4-6-13-10(14)11(9(2)3)5-7-12-8-11/h4,9,12H,1,5-8H2,2-3H3,(H,13,14). The van der Waals surface area contributed by atoms with Crippen LogP contribution in [0.15, 0.2) is 12.7 Å². The SMILES string of the molecule is C=CCNC(=O)C1(C(C)C)CCNC1. The van der Waals surface area contributed by atoms with Crippen LogP contribution >= 0.6 is 0 Å². The van der Waals surface area contributed by atoms with E-state index in [0.29, 0.717) is 12.5 Å². The summed E-state index contributed by atoms with van der Waals surface area (Å²) in [5.41, 5.74) is -0.205. The van der Waals surface area contributed by atoms with E-state index in [-0.39, 0.29) is 11.3 Å². The van der Waals surface area contributed by atoms with Crippen LogP contribution in [0, 0.1) is 11.3 Å². The number of hydrogen-bond acceptors (Lipinski definition) is 2. The Balaban J connectivity index is 2.67. The summed E-state index contributed by atoms with van der Waals surface area (Å²) in [5.74, 6) is 0.541. The molecule has 3 heteroatoms. The average Bonchev–Trinajstić information content (AvgIpc) is 2.63. The highest BCUT2D eigenvalue weighted by atomic mass is 16.2. The molecule has 0 bridgehead atoms. The van der Waals surface area contributed by atoms with Crippen molar-refractivity contribution in [2.24, 2.45) is 11.3 Å². The zero-order valence-electron chi connectivity index (χ0n) is 9.10. The van der Waals surface area contributed by atoms with Crippen molar-refractivity contribution >= 4 is 5.91 Å². The van der Waals surface area contributed by atoms with E-state index in [1.54, 1.807) is 6.08 Å². The summed E-state index contributed by atoms with van der Waals surface area (Å²) in [6.45, 7) is 10.1. The van der Waals surface area contributed by atoms with Crippen molar-refractivity contribution in [1.29, 1.82) is 0 Å². The van der Waals surface area contributed by atoms with Crippen molar-refractivity contribution < 1.29 is 4.79 Å². The van der Waals surface area contributed by atoms with E-state index in [9.17, 15) is 4.79 Å². The maximum absolute atomic E-state index is 12.0. The first kappa shape index (κ1) is 11.2. The van der Waals surface area contributed by atoms with Gasteiger partial charge in [0.15, 0.2) is 0 Å². The smallest absolute Gasteiger partial charge is 0.228 e. The molecule has 1 amide bonds. The number of amides is 1. The van der Waals surface area contributed by atoms with Gasteiger partial charge in [0.1, 0.15) is 0 Å². The van der Waals surface area contributed by atoms with Crippen LogP contribution in [-0.2, 0) is 4.79 Å². The van der Waals surface area contributed by atoms with Gasteiger partial charge in [0, 0.05) is 13.1 Å². The fourth-order valence-corrected chi connectivity index (χ4v) is 2.00. The van der Waals surface area contributed by atoms with Gasteiger partial charge in [-0.05, 0) is 18.9 Å². The molecule has 0 aliphatic carbocycles. The first-order chi connectivity index (χ1) is 6.63. The molecule has 3 nitrogen and oxygen atoms in total. The topological polar surface area (TPSA) is 41.1 Å². The summed E-state index contributed by atoms with van der Waals surface area (Å²) in [6.07, 6.45) is 2.65. The Morgan fingerprint density at radius 3 is 2.86 bits per heavy atom. The molecule has 2 N–H and O–H groups in total. The van der Waals surface area contributed by atoms with Gasteiger partial charge in [-0.25, -0.2) is 0 Å². The van der Waals surface area contributed by atoms with Gasteiger partial charge in [0.05, 0.1) is 5.41 Å². The third-order valence-corrected chi connectivity index (χ3v) is 3.15. The Labute approximate surface area is 86.0 Å². The molecule has 14 heavy (non-hydrogen) atoms. The second-order valence-electron chi connectivity index (χ2n) is 4.24. The summed E-state index contributed by atoms with van der Waals surface area (Å²) in [5, 5.41) is 6.16. The van der Waals surface area contributed by atoms with Gasteiger partial charge in [-0.15, -0.1) is 6.58 Å². The molecule has 0 aromatic carbocycles. The fraction of sp³-hybridized carbons (Fsp3) is 0.727. The number of rotatable bonds is 4. The molecule has 1 aliphatic heterocycles. The molecule has 0 saturated carbocycles. The van der Waals surface area contributed by atoms with Crippen molar-refractivity contribution in [3.8, 4) is 0 Å². The second-order valence-corrected chi connectivity index (χ2v) is 4.24. The summed E-state index contributed by atoms with van der Waals surface area (Å²) in [6, 6.07) is 0. The number of hydrogen-bond donors (Lipinski definition) is 2. The van der Waals surface area contributed by atoms with E-state index in [0.717, 1.165) is 19.5 Å². The Bertz CT molecular complexity index is 217. The predicted octanol–water partition coefficient (Wildman–Crippen LogP) is 0.924. The number of carbonyl (C=O) groups excluding carboxylic acids is 1. The van der Waals surface area contributed by atoms with Gasteiger partial charge in [0.2, 0.25) is 5.91 Å². The van der Waals surface area contributed by atoms with Crippen molar-refractivity contribution in [2.45, 2.75) is 20.3 Å². The monoisotopic (exact) mass is 196 g/mol. The first-order valence-electron chi connectivity index (χ1n) is 5.23. The van der Waals surface area contributed by atoms with Crippen LogP contribution in [0.1, 0.15) is 20.3 Å². The van der Waals surface area contributed by atoms with Gasteiger partial charge in [-0.1, -0.05) is 19.9 Å². The average molecular weight is 196 g/mol. The van der Waals surface area contributed by atoms with Gasteiger partial charge in [0.25, 0.3) is 0 Å². The Morgan fingerprint density at radius 1 is 1.71 bits per heavy atom. The van der Waals surface area contributed by atoms with Crippen molar-refractivity contribution in [1.82, 2.24) is 10.6 Å². The van der Waals surface area contributed by atoms with Crippen LogP contribution in [-0.4, -0.2) is 25.5 Å². The maximum atomic E-state index is 12.0. The Morgan fingerprint density at radius 2 is 2.43 bits per heavy atom. The molecule has 0 spiro atoms. The molecule has 1 fully saturated rings. The molecule has 1 unspecified atom stereocenters. The molecular weight excluding hydrogens is 176 g/mol. The summed E-state index contributed by atoms with van der Waals surface area (Å²) in [4.78, 5) is 12.0. The summed E-state index contributed by atoms with van der Waals surface area (Å²) >= 11 is 0. The van der Waals surface area contributed by atoms with Gasteiger partial charge < -0.3 is 10.6 Å². The van der Waals surface area contributed by atoms with Crippen LogP contribution in [0.25, 0.3) is 0 Å². The third kappa shape index (κ3) is 1.98. The van der Waals surface area contributed by atoms with Crippen LogP contribution in [0.2, 0.25) is 0 Å². The lowest BCUT2D eigenvalue weighted by atomic mass is 9.75. The van der Waals surface area contributed by atoms with E-state index < -0.39 is 0 Å². The molecule has 1 aliphatic rings. The van der Waals surface area contributed by atoms with E-state index in [4.69, 9.17) is 0 Å². The molecule has 0 aromatic rings.